The van der Waals surface area contributed by atoms with Crippen LogP contribution < -0.4 is 22.1 Å². The van der Waals surface area contributed by atoms with Crippen molar-refractivity contribution in [3.05, 3.63) is 98.7 Å². The second kappa shape index (κ2) is 12.4. The van der Waals surface area contributed by atoms with E-state index < -0.39 is 0 Å². The van der Waals surface area contributed by atoms with Crippen molar-refractivity contribution in [1.29, 1.82) is 0 Å². The summed E-state index contributed by atoms with van der Waals surface area (Å²) in [6.45, 7) is 9.12. The van der Waals surface area contributed by atoms with Crippen LogP contribution in [-0.4, -0.2) is 44.9 Å². The quantitative estimate of drug-likeness (QED) is 0.154. The summed E-state index contributed by atoms with van der Waals surface area (Å²) >= 11 is 0. The molecular weight excluding hydrogens is 604 g/mol. The fourth-order valence-electron chi connectivity index (χ4n) is 5.62. The number of nitrogen functional groups attached to an aromatic ring is 2. The molecule has 0 aliphatic rings. The van der Waals surface area contributed by atoms with E-state index in [9.17, 15) is 0 Å². The van der Waals surface area contributed by atoms with E-state index in [1.165, 1.54) is 0 Å². The smallest absolute Gasteiger partial charge is 0.331 e. The Balaban J connectivity index is 0.961. The molecule has 0 saturated heterocycles. The molecule has 0 fully saturated rings. The number of hydrogen-bond acceptors (Lipinski definition) is 12. The second-order valence-corrected chi connectivity index (χ2v) is 11.6. The highest BCUT2D eigenvalue weighted by Gasteiger charge is 2.13. The molecule has 0 aliphatic heterocycles. The average Bonchev–Trinajstić information content (AvgIpc) is 3.45. The number of aromatic nitrogens is 9. The molecule has 0 bridgehead atoms. The summed E-state index contributed by atoms with van der Waals surface area (Å²) in [4.78, 5) is 43.9. The first kappa shape index (κ1) is 30.2. The molecule has 0 atom stereocenters. The monoisotopic (exact) mass is 637 g/mol. The Hall–Kier alpha value is -6.49. The van der Waals surface area contributed by atoms with E-state index in [4.69, 9.17) is 11.5 Å². The molecule has 6 heterocycles. The topological polar surface area (TPSA) is 199 Å². The van der Waals surface area contributed by atoms with E-state index in [0.29, 0.717) is 60.2 Å². The van der Waals surface area contributed by atoms with Gasteiger partial charge in [0.1, 0.15) is 17.5 Å². The number of anilines is 4. The minimum Gasteiger partial charge on any atom is -0.383 e. The normalized spacial score (nSPS) is 11.2. The Bertz CT molecular complexity index is 2400. The molecule has 0 amide bonds. The van der Waals surface area contributed by atoms with E-state index in [0.717, 1.165) is 61.3 Å². The lowest BCUT2D eigenvalue weighted by atomic mass is 10.1. The van der Waals surface area contributed by atoms with Gasteiger partial charge in [0.25, 0.3) is 6.54 Å². The molecule has 7 rings (SSSR count). The van der Waals surface area contributed by atoms with E-state index in [2.05, 4.69) is 66.4 Å². The Morgan fingerprint density at radius 2 is 1.33 bits per heavy atom. The largest absolute Gasteiger partial charge is 0.383 e. The van der Waals surface area contributed by atoms with Crippen LogP contribution in [0.4, 0.5) is 23.5 Å². The van der Waals surface area contributed by atoms with Crippen LogP contribution in [0.25, 0.3) is 37.9 Å². The molecule has 7 N–H and O–H groups in total. The highest BCUT2D eigenvalue weighted by molar-refractivity contribution is 5.90. The van der Waals surface area contributed by atoms with Crippen molar-refractivity contribution >= 4 is 56.6 Å². The summed E-state index contributed by atoms with van der Waals surface area (Å²) in [7, 11) is 0. The minimum absolute atomic E-state index is 0.392. The number of benzene rings is 1. The number of fused-ring (bicyclic) bond motifs is 3. The number of pyridine rings is 3. The third kappa shape index (κ3) is 6.29. The summed E-state index contributed by atoms with van der Waals surface area (Å²) in [6.07, 6.45) is 1.77. The fraction of sp³-hybridized carbons (Fsp3) is 0.206. The predicted octanol–water partition coefficient (Wildman–Crippen LogP) is 5.14. The lowest BCUT2D eigenvalue weighted by molar-refractivity contribution is 0.980. The minimum atomic E-state index is 0.392. The molecule has 0 radical (unpaired) electrons. The van der Waals surface area contributed by atoms with Crippen LogP contribution in [0.15, 0.2) is 48.7 Å². The highest BCUT2D eigenvalue weighted by Crippen LogP contribution is 2.24. The van der Waals surface area contributed by atoms with Crippen molar-refractivity contribution in [1.82, 2.24) is 44.9 Å². The van der Waals surface area contributed by atoms with Crippen molar-refractivity contribution < 1.29 is 0 Å². The standard InChI is InChI=1S/C34H33N14/c1-17-9-19(3)41-31-27(17)29(35)45-33(47-31)39-14-22-5-7-23(38-13-22)15-37-12-21-6-8-24-25(11-21)44-26(43-24)16-40-34-46-30(36)28-18(2)10-20(4)42-32(28)48-34/h5-11,13H,12,14,16H2,1-4H3,(H,43,44)(H3,35,39,41,45,47)(H3,36,40,42,46,48)/q+1. The molecule has 14 nitrogen and oxygen atoms in total. The first-order valence-corrected chi connectivity index (χ1v) is 15.3. The summed E-state index contributed by atoms with van der Waals surface area (Å²) < 4.78 is 0. The zero-order valence-corrected chi connectivity index (χ0v) is 26.9. The number of nitrogens with two attached hydrogens (primary N) is 2. The van der Waals surface area contributed by atoms with Crippen LogP contribution >= 0.6 is 0 Å². The van der Waals surface area contributed by atoms with Crippen LogP contribution in [-0.2, 0) is 19.6 Å². The Kier molecular flexibility index (Phi) is 7.78. The summed E-state index contributed by atoms with van der Waals surface area (Å²) in [5, 5.41) is 7.96. The molecule has 0 aliphatic carbocycles. The maximum atomic E-state index is 6.21. The molecule has 0 unspecified atom stereocenters. The molecule has 7 aromatic rings. The van der Waals surface area contributed by atoms with Crippen LogP contribution in [0.2, 0.25) is 0 Å². The summed E-state index contributed by atoms with van der Waals surface area (Å²) in [5.41, 5.74) is 21.6. The Labute approximate surface area is 275 Å². The predicted molar refractivity (Wildman–Crippen MR) is 187 cm³/mol. The van der Waals surface area contributed by atoms with Gasteiger partial charge in [0.15, 0.2) is 17.0 Å². The van der Waals surface area contributed by atoms with Gasteiger partial charge in [-0.15, -0.1) is 0 Å². The first-order chi connectivity index (χ1) is 23.2. The van der Waals surface area contributed by atoms with Gasteiger partial charge in [-0.3, -0.25) is 0 Å². The van der Waals surface area contributed by atoms with Gasteiger partial charge >= 0.3 is 6.07 Å². The van der Waals surface area contributed by atoms with Crippen LogP contribution in [0.3, 0.4) is 0 Å². The molecule has 48 heavy (non-hydrogen) atoms. The van der Waals surface area contributed by atoms with Gasteiger partial charge in [-0.05, 0) is 80.8 Å². The molecule has 0 saturated carbocycles. The van der Waals surface area contributed by atoms with Crippen molar-refractivity contribution in [2.24, 2.45) is 0 Å². The second-order valence-electron chi connectivity index (χ2n) is 11.6. The lowest BCUT2D eigenvalue weighted by Gasteiger charge is -2.09. The van der Waals surface area contributed by atoms with E-state index in [1.807, 2.05) is 70.2 Å². The number of nitrogens with one attached hydrogen (secondary N) is 3. The maximum Gasteiger partial charge on any atom is 0.331 e. The number of hydrogen-bond donors (Lipinski definition) is 5. The molecular formula is C34H33N14+. The van der Waals surface area contributed by atoms with Gasteiger partial charge in [0.05, 0.1) is 28.4 Å². The van der Waals surface area contributed by atoms with Crippen LogP contribution in [0.5, 0.6) is 0 Å². The molecule has 14 heteroatoms. The number of aromatic amines is 1. The number of rotatable bonds is 7. The van der Waals surface area contributed by atoms with Gasteiger partial charge in [-0.25, -0.2) is 19.9 Å². The highest BCUT2D eigenvalue weighted by atomic mass is 15.2. The van der Waals surface area contributed by atoms with Crippen LogP contribution in [0.1, 0.15) is 45.2 Å². The molecule has 1 aromatic carbocycles. The van der Waals surface area contributed by atoms with E-state index in [-0.39, 0.29) is 0 Å². The maximum absolute atomic E-state index is 6.21. The van der Waals surface area contributed by atoms with Crippen molar-refractivity contribution in [3.63, 3.8) is 0 Å². The van der Waals surface area contributed by atoms with Crippen LogP contribution in [0, 0.1) is 33.8 Å². The summed E-state index contributed by atoms with van der Waals surface area (Å²) in [6, 6.07) is 16.8. The van der Waals surface area contributed by atoms with Gasteiger partial charge in [-0.2, -0.15) is 19.9 Å². The number of nitrogens with zero attached hydrogens (tertiary/aromatic N) is 9. The Morgan fingerprint density at radius 3 is 1.96 bits per heavy atom. The SMILES string of the molecule is Cc1cc(C)c2c(N)nc(NCc3ccc(C#[N+]Cc4ccc5nc(CNc6nc(N)c7c(C)cc(C)nc7n6)[nH]c5c4)nc3)nc2n1. The molecule has 0 spiro atoms. The van der Waals surface area contributed by atoms with E-state index >= 15 is 0 Å². The first-order valence-electron chi connectivity index (χ1n) is 15.3. The van der Waals surface area contributed by atoms with Gasteiger partial charge in [-0.1, -0.05) is 10.9 Å². The zero-order chi connectivity index (χ0) is 33.4. The number of imidazole rings is 1. The van der Waals surface area contributed by atoms with Gasteiger partial charge < -0.3 is 27.1 Å². The number of H-pyrrole nitrogens is 1. The van der Waals surface area contributed by atoms with Gasteiger partial charge in [0.2, 0.25) is 11.9 Å². The van der Waals surface area contributed by atoms with Crippen molar-refractivity contribution in [3.8, 4) is 6.07 Å². The zero-order valence-electron chi connectivity index (χ0n) is 26.9. The fourth-order valence-corrected chi connectivity index (χ4v) is 5.62. The number of aryl methyl sites for hydroxylation is 4. The third-order valence-electron chi connectivity index (χ3n) is 7.78. The van der Waals surface area contributed by atoms with Gasteiger partial charge in [0, 0.05) is 29.7 Å². The third-order valence-corrected chi connectivity index (χ3v) is 7.78. The lowest BCUT2D eigenvalue weighted by Crippen LogP contribution is -2.08. The average molecular weight is 638 g/mol. The van der Waals surface area contributed by atoms with Crippen molar-refractivity contribution in [2.45, 2.75) is 47.3 Å². The Morgan fingerprint density at radius 1 is 0.708 bits per heavy atom. The molecule has 6 aromatic heterocycles. The van der Waals surface area contributed by atoms with E-state index in [1.54, 1.807) is 6.20 Å². The van der Waals surface area contributed by atoms with Crippen molar-refractivity contribution in [2.75, 3.05) is 22.1 Å². The summed E-state index contributed by atoms with van der Waals surface area (Å²) in [5.74, 6) is 2.34. The molecule has 238 valence electrons.